The van der Waals surface area contributed by atoms with Crippen LogP contribution in [0.3, 0.4) is 0 Å². The Morgan fingerprint density at radius 3 is 1.38 bits per heavy atom. The maximum absolute atomic E-state index is 11.7. The van der Waals surface area contributed by atoms with Gasteiger partial charge in [-0.25, -0.2) is 0 Å². The van der Waals surface area contributed by atoms with Crippen molar-refractivity contribution in [3.8, 4) is 0 Å². The van der Waals surface area contributed by atoms with Crippen LogP contribution in [0.1, 0.15) is 12.8 Å². The second kappa shape index (κ2) is 4.43. The summed E-state index contributed by atoms with van der Waals surface area (Å²) in [6.07, 6.45) is -10.6. The monoisotopic (exact) mass is 226 g/mol. The summed E-state index contributed by atoms with van der Waals surface area (Å²) in [4.78, 5) is 0. The molecule has 0 aromatic carbocycles. The molecule has 0 aliphatic carbocycles. The van der Waals surface area contributed by atoms with Gasteiger partial charge < -0.3 is 0 Å². The average molecular weight is 226 g/mol. The highest BCUT2D eigenvalue weighted by Crippen LogP contribution is 2.34. The molecule has 0 nitrogen and oxygen atoms in total. The molecule has 0 aliphatic heterocycles. The molecule has 0 unspecified atom stereocenters. The van der Waals surface area contributed by atoms with Crippen LogP contribution in [0.25, 0.3) is 0 Å². The summed E-state index contributed by atoms with van der Waals surface area (Å²) in [5.41, 5.74) is 0. The fraction of sp³-hybridized carbons (Fsp3) is 1.00. The molecule has 80 valence electrons. The fourth-order valence-corrected chi connectivity index (χ4v) is 1.47. The van der Waals surface area contributed by atoms with E-state index in [4.69, 9.17) is 0 Å². The Kier molecular flexibility index (Phi) is 4.41. The second-order valence-electron chi connectivity index (χ2n) is 2.50. The van der Waals surface area contributed by atoms with Gasteiger partial charge in [0, 0.05) is 5.25 Å². The molecule has 0 saturated heterocycles. The van der Waals surface area contributed by atoms with E-state index in [0.717, 1.165) is 0 Å². The molecule has 0 N–H and O–H groups in total. The third-order valence-electron chi connectivity index (χ3n) is 1.25. The normalized spacial score (nSPS) is 13.8. The maximum Gasteiger partial charge on any atom is 0.390 e. The molecule has 0 aliphatic rings. The SMILES string of the molecule is CSC(CC(F)(F)F)CC(F)(F)F. The van der Waals surface area contributed by atoms with Crippen molar-refractivity contribution in [2.45, 2.75) is 30.4 Å². The Morgan fingerprint density at radius 2 is 1.23 bits per heavy atom. The van der Waals surface area contributed by atoms with Gasteiger partial charge in [-0.2, -0.15) is 38.1 Å². The van der Waals surface area contributed by atoms with Crippen LogP contribution >= 0.6 is 11.8 Å². The van der Waals surface area contributed by atoms with Crippen LogP contribution in [0, 0.1) is 0 Å². The molecule has 7 heteroatoms. The van der Waals surface area contributed by atoms with E-state index >= 15 is 0 Å². The van der Waals surface area contributed by atoms with Gasteiger partial charge in [0.05, 0.1) is 12.8 Å². The van der Waals surface area contributed by atoms with Gasteiger partial charge >= 0.3 is 12.4 Å². The molecule has 13 heavy (non-hydrogen) atoms. The lowest BCUT2D eigenvalue weighted by atomic mass is 10.2. The predicted molar refractivity (Wildman–Crippen MR) is 38.6 cm³/mol. The molecule has 0 aromatic rings. The second-order valence-corrected chi connectivity index (χ2v) is 3.63. The van der Waals surface area contributed by atoms with Crippen molar-refractivity contribution >= 4 is 11.8 Å². The number of halogens is 6. The van der Waals surface area contributed by atoms with E-state index < -0.39 is 30.4 Å². The Labute approximate surface area is 75.7 Å². The fourth-order valence-electron chi connectivity index (χ4n) is 0.755. The third-order valence-corrected chi connectivity index (χ3v) is 2.25. The van der Waals surface area contributed by atoms with E-state index in [0.29, 0.717) is 11.8 Å². The summed E-state index contributed by atoms with van der Waals surface area (Å²) < 4.78 is 70.1. The molecule has 0 atom stereocenters. The maximum atomic E-state index is 11.7. The largest absolute Gasteiger partial charge is 0.390 e. The minimum Gasteiger partial charge on any atom is -0.171 e. The lowest BCUT2D eigenvalue weighted by Crippen LogP contribution is -2.23. The van der Waals surface area contributed by atoms with Crippen LogP contribution in [-0.2, 0) is 0 Å². The van der Waals surface area contributed by atoms with Gasteiger partial charge in [-0.3, -0.25) is 0 Å². The minimum absolute atomic E-state index is 0.584. The van der Waals surface area contributed by atoms with Crippen molar-refractivity contribution in [1.29, 1.82) is 0 Å². The molecule has 0 spiro atoms. The van der Waals surface area contributed by atoms with Gasteiger partial charge in [0.1, 0.15) is 0 Å². The highest BCUT2D eigenvalue weighted by molar-refractivity contribution is 7.99. The van der Waals surface area contributed by atoms with Gasteiger partial charge in [-0.05, 0) is 6.26 Å². The highest BCUT2D eigenvalue weighted by atomic mass is 32.2. The van der Waals surface area contributed by atoms with Crippen molar-refractivity contribution < 1.29 is 26.3 Å². The van der Waals surface area contributed by atoms with Crippen LogP contribution in [0.15, 0.2) is 0 Å². The molecule has 0 rings (SSSR count). The van der Waals surface area contributed by atoms with E-state index in [-0.39, 0.29) is 0 Å². The summed E-state index contributed by atoms with van der Waals surface area (Å²) in [7, 11) is 0. The average Bonchev–Trinajstić information content (AvgIpc) is 1.79. The van der Waals surface area contributed by atoms with Gasteiger partial charge in [0.25, 0.3) is 0 Å². The summed E-state index contributed by atoms with van der Waals surface area (Å²) >= 11 is 0.584. The summed E-state index contributed by atoms with van der Waals surface area (Å²) in [6, 6.07) is 0. The van der Waals surface area contributed by atoms with Crippen molar-refractivity contribution in [2.24, 2.45) is 0 Å². The quantitative estimate of drug-likeness (QED) is 0.662. The number of rotatable bonds is 3. The molecular weight excluding hydrogens is 218 g/mol. The van der Waals surface area contributed by atoms with Crippen LogP contribution in [0.4, 0.5) is 26.3 Å². The molecule has 0 saturated carbocycles. The Balaban J connectivity index is 4.05. The topological polar surface area (TPSA) is 0 Å². The molecule has 0 amide bonds. The predicted octanol–water partition coefficient (Wildman–Crippen LogP) is 3.62. The number of hydrogen-bond donors (Lipinski definition) is 0. The molecular formula is C6H8F6S. The zero-order valence-electron chi connectivity index (χ0n) is 6.67. The summed E-state index contributed by atoms with van der Waals surface area (Å²) in [5, 5.41) is -1.43. The van der Waals surface area contributed by atoms with Gasteiger partial charge in [0.2, 0.25) is 0 Å². The first-order valence-electron chi connectivity index (χ1n) is 3.30. The van der Waals surface area contributed by atoms with Gasteiger partial charge in [-0.1, -0.05) is 0 Å². The first kappa shape index (κ1) is 12.9. The molecule has 0 fully saturated rings. The standard InChI is InChI=1S/C6H8F6S/c1-13-4(2-5(7,8)9)3-6(10,11)12/h4H,2-3H2,1H3. The van der Waals surface area contributed by atoms with Gasteiger partial charge in [-0.15, -0.1) is 0 Å². The van der Waals surface area contributed by atoms with Crippen LogP contribution in [0.5, 0.6) is 0 Å². The first-order chi connectivity index (χ1) is 5.64. The molecule has 0 bridgehead atoms. The zero-order valence-corrected chi connectivity index (χ0v) is 7.48. The van der Waals surface area contributed by atoms with Crippen molar-refractivity contribution in [3.05, 3.63) is 0 Å². The highest BCUT2D eigenvalue weighted by Gasteiger charge is 2.38. The first-order valence-corrected chi connectivity index (χ1v) is 4.59. The van der Waals surface area contributed by atoms with Crippen LogP contribution in [0.2, 0.25) is 0 Å². The lowest BCUT2D eigenvalue weighted by molar-refractivity contribution is -0.154. The van der Waals surface area contributed by atoms with Crippen molar-refractivity contribution in [3.63, 3.8) is 0 Å². The third kappa shape index (κ3) is 8.27. The number of thioether (sulfide) groups is 1. The summed E-state index contributed by atoms with van der Waals surface area (Å²) in [5.74, 6) is 0. The van der Waals surface area contributed by atoms with Gasteiger partial charge in [0.15, 0.2) is 0 Å². The van der Waals surface area contributed by atoms with Crippen LogP contribution in [-0.4, -0.2) is 23.9 Å². The molecule has 0 heterocycles. The Bertz CT molecular complexity index is 132. The summed E-state index contributed by atoms with van der Waals surface area (Å²) in [6.45, 7) is 0. The van der Waals surface area contributed by atoms with E-state index in [9.17, 15) is 26.3 Å². The van der Waals surface area contributed by atoms with Crippen LogP contribution < -0.4 is 0 Å². The number of hydrogen-bond acceptors (Lipinski definition) is 1. The lowest BCUT2D eigenvalue weighted by Gasteiger charge is -2.17. The van der Waals surface area contributed by atoms with E-state index in [1.54, 1.807) is 0 Å². The number of alkyl halides is 6. The van der Waals surface area contributed by atoms with E-state index in [1.807, 2.05) is 0 Å². The van der Waals surface area contributed by atoms with E-state index in [2.05, 4.69) is 0 Å². The molecule has 0 aromatic heterocycles. The zero-order chi connectivity index (χ0) is 10.7. The minimum atomic E-state index is -4.53. The Hall–Kier alpha value is -0.0700. The van der Waals surface area contributed by atoms with E-state index in [1.165, 1.54) is 6.26 Å². The Morgan fingerprint density at radius 1 is 0.923 bits per heavy atom. The van der Waals surface area contributed by atoms with Crippen molar-refractivity contribution in [2.75, 3.05) is 6.26 Å². The molecule has 0 radical (unpaired) electrons. The smallest absolute Gasteiger partial charge is 0.171 e. The van der Waals surface area contributed by atoms with Crippen molar-refractivity contribution in [1.82, 2.24) is 0 Å².